The normalized spacial score (nSPS) is 12.3. The van der Waals surface area contributed by atoms with E-state index in [9.17, 15) is 0 Å². The lowest BCUT2D eigenvalue weighted by Gasteiger charge is -2.14. The number of nitrogens with one attached hydrogen (secondary N) is 2. The maximum absolute atomic E-state index is 4.69. The summed E-state index contributed by atoms with van der Waals surface area (Å²) in [7, 11) is 1.79. The summed E-state index contributed by atoms with van der Waals surface area (Å²) in [5.74, 6) is 0.791. The summed E-state index contributed by atoms with van der Waals surface area (Å²) in [5, 5.41) is 9.87. The Morgan fingerprint density at radius 1 is 1.22 bits per heavy atom. The van der Waals surface area contributed by atoms with Crippen LogP contribution in [0.25, 0.3) is 0 Å². The quantitative estimate of drug-likeness (QED) is 0.665. The molecule has 4 nitrogen and oxygen atoms in total. The van der Waals surface area contributed by atoms with Crippen molar-refractivity contribution in [1.82, 2.24) is 15.6 Å². The second kappa shape index (κ2) is 7.59. The molecule has 0 saturated heterocycles. The number of guanidine groups is 1. The van der Waals surface area contributed by atoms with Gasteiger partial charge in [-0.3, -0.25) is 4.99 Å². The Hall–Kier alpha value is -1.88. The zero-order chi connectivity index (χ0) is 16.9. The van der Waals surface area contributed by atoms with E-state index in [-0.39, 0.29) is 5.41 Å². The van der Waals surface area contributed by atoms with Gasteiger partial charge in [0.15, 0.2) is 5.96 Å². The van der Waals surface area contributed by atoms with E-state index in [0.717, 1.165) is 23.2 Å². The minimum atomic E-state index is 0.0971. The van der Waals surface area contributed by atoms with Crippen molar-refractivity contribution in [2.45, 2.75) is 46.2 Å². The zero-order valence-corrected chi connectivity index (χ0v) is 15.4. The molecule has 1 aromatic carbocycles. The molecule has 1 heterocycles. The van der Waals surface area contributed by atoms with Gasteiger partial charge < -0.3 is 10.6 Å². The molecule has 0 unspecified atom stereocenters. The largest absolute Gasteiger partial charge is 0.352 e. The third-order valence-corrected chi connectivity index (χ3v) is 4.34. The van der Waals surface area contributed by atoms with Crippen molar-refractivity contribution in [3.05, 3.63) is 51.5 Å². The molecule has 0 bridgehead atoms. The smallest absolute Gasteiger partial charge is 0.191 e. The second-order valence-corrected chi connectivity index (χ2v) is 7.59. The van der Waals surface area contributed by atoms with Gasteiger partial charge in [-0.2, -0.15) is 0 Å². The first-order chi connectivity index (χ1) is 10.9. The maximum atomic E-state index is 4.69. The third kappa shape index (κ3) is 5.36. The lowest BCUT2D eigenvalue weighted by Crippen LogP contribution is -2.36. The topological polar surface area (TPSA) is 49.3 Å². The maximum Gasteiger partial charge on any atom is 0.191 e. The fraction of sp³-hybridized carbons (Fsp3) is 0.444. The molecule has 1 aromatic heterocycles. The van der Waals surface area contributed by atoms with E-state index in [1.165, 1.54) is 11.1 Å². The van der Waals surface area contributed by atoms with Crippen molar-refractivity contribution in [2.75, 3.05) is 7.05 Å². The molecule has 0 aliphatic rings. The van der Waals surface area contributed by atoms with Crippen LogP contribution in [0.15, 0.2) is 34.6 Å². The molecule has 124 valence electrons. The molecule has 0 atom stereocenters. The summed E-state index contributed by atoms with van der Waals surface area (Å²) in [6.07, 6.45) is 0. The highest BCUT2D eigenvalue weighted by molar-refractivity contribution is 7.09. The Morgan fingerprint density at radius 2 is 1.96 bits per heavy atom. The number of rotatable bonds is 4. The first-order valence-corrected chi connectivity index (χ1v) is 8.71. The Kier molecular flexibility index (Phi) is 5.77. The van der Waals surface area contributed by atoms with Gasteiger partial charge in [0.2, 0.25) is 0 Å². The average molecular weight is 331 g/mol. The third-order valence-electron chi connectivity index (χ3n) is 3.49. The predicted molar refractivity (Wildman–Crippen MR) is 99.0 cm³/mol. The van der Waals surface area contributed by atoms with Crippen LogP contribution in [0.1, 0.15) is 42.6 Å². The SMILES string of the molecule is CN=C(NCc1cccc(C)c1)NCc1nc(C(C)(C)C)cs1. The molecule has 0 amide bonds. The van der Waals surface area contributed by atoms with Crippen LogP contribution in [-0.4, -0.2) is 18.0 Å². The van der Waals surface area contributed by atoms with E-state index in [2.05, 4.69) is 73.0 Å². The summed E-state index contributed by atoms with van der Waals surface area (Å²) >= 11 is 1.69. The van der Waals surface area contributed by atoms with E-state index < -0.39 is 0 Å². The number of hydrogen-bond acceptors (Lipinski definition) is 3. The first-order valence-electron chi connectivity index (χ1n) is 7.83. The minimum Gasteiger partial charge on any atom is -0.352 e. The van der Waals surface area contributed by atoms with Crippen LogP contribution < -0.4 is 10.6 Å². The number of aryl methyl sites for hydroxylation is 1. The summed E-state index contributed by atoms with van der Waals surface area (Å²) in [4.78, 5) is 8.96. The number of aromatic nitrogens is 1. The number of nitrogens with zero attached hydrogens (tertiary/aromatic N) is 2. The molecule has 0 aliphatic carbocycles. The van der Waals surface area contributed by atoms with Crippen molar-refractivity contribution in [2.24, 2.45) is 4.99 Å². The van der Waals surface area contributed by atoms with Gasteiger partial charge in [0, 0.05) is 24.4 Å². The first kappa shape index (κ1) is 17.5. The van der Waals surface area contributed by atoms with E-state index in [1.807, 2.05) is 0 Å². The van der Waals surface area contributed by atoms with Gasteiger partial charge in [0.1, 0.15) is 5.01 Å². The van der Waals surface area contributed by atoms with Gasteiger partial charge in [0.25, 0.3) is 0 Å². The summed E-state index contributed by atoms with van der Waals surface area (Å²) in [6.45, 7) is 10.1. The molecule has 0 fully saturated rings. The molecule has 0 saturated carbocycles. The minimum absolute atomic E-state index is 0.0971. The van der Waals surface area contributed by atoms with Crippen molar-refractivity contribution in [3.63, 3.8) is 0 Å². The van der Waals surface area contributed by atoms with Crippen LogP contribution in [-0.2, 0) is 18.5 Å². The van der Waals surface area contributed by atoms with Crippen molar-refractivity contribution in [1.29, 1.82) is 0 Å². The fourth-order valence-corrected chi connectivity index (χ4v) is 3.08. The van der Waals surface area contributed by atoms with Crippen LogP contribution in [0.3, 0.4) is 0 Å². The molecule has 2 rings (SSSR count). The second-order valence-electron chi connectivity index (χ2n) is 6.64. The Balaban J connectivity index is 1.87. The predicted octanol–water partition coefficient (Wildman–Crippen LogP) is 3.61. The lowest BCUT2D eigenvalue weighted by atomic mass is 9.93. The zero-order valence-electron chi connectivity index (χ0n) is 14.6. The van der Waals surface area contributed by atoms with Crippen molar-refractivity contribution in [3.8, 4) is 0 Å². The van der Waals surface area contributed by atoms with Crippen LogP contribution in [0.4, 0.5) is 0 Å². The molecule has 0 spiro atoms. The van der Waals surface area contributed by atoms with Crippen molar-refractivity contribution >= 4 is 17.3 Å². The Bertz CT molecular complexity index is 668. The van der Waals surface area contributed by atoms with Crippen molar-refractivity contribution < 1.29 is 0 Å². The average Bonchev–Trinajstić information content (AvgIpc) is 2.96. The van der Waals surface area contributed by atoms with Crippen LogP contribution in [0.2, 0.25) is 0 Å². The fourth-order valence-electron chi connectivity index (χ4n) is 2.12. The van der Waals surface area contributed by atoms with Gasteiger partial charge in [-0.1, -0.05) is 50.6 Å². The Labute approximate surface area is 143 Å². The molecule has 2 N–H and O–H groups in total. The number of aliphatic imine (C=N–C) groups is 1. The van der Waals surface area contributed by atoms with E-state index in [0.29, 0.717) is 6.54 Å². The van der Waals surface area contributed by atoms with Gasteiger partial charge in [-0.25, -0.2) is 4.98 Å². The summed E-state index contributed by atoms with van der Waals surface area (Å²) < 4.78 is 0. The van der Waals surface area contributed by atoms with Gasteiger partial charge in [-0.05, 0) is 12.5 Å². The van der Waals surface area contributed by atoms with Crippen LogP contribution in [0, 0.1) is 6.92 Å². The molecular formula is C18H26N4S. The molecular weight excluding hydrogens is 304 g/mol. The van der Waals surface area contributed by atoms with Crippen LogP contribution >= 0.6 is 11.3 Å². The van der Waals surface area contributed by atoms with Gasteiger partial charge in [0.05, 0.1) is 12.2 Å². The summed E-state index contributed by atoms with van der Waals surface area (Å²) in [5.41, 5.74) is 3.75. The lowest BCUT2D eigenvalue weighted by molar-refractivity contribution is 0.570. The van der Waals surface area contributed by atoms with E-state index in [1.54, 1.807) is 18.4 Å². The number of benzene rings is 1. The van der Waals surface area contributed by atoms with E-state index in [4.69, 9.17) is 4.98 Å². The van der Waals surface area contributed by atoms with Crippen LogP contribution in [0.5, 0.6) is 0 Å². The van der Waals surface area contributed by atoms with Gasteiger partial charge >= 0.3 is 0 Å². The molecule has 23 heavy (non-hydrogen) atoms. The monoisotopic (exact) mass is 330 g/mol. The highest BCUT2D eigenvalue weighted by Crippen LogP contribution is 2.23. The number of hydrogen-bond donors (Lipinski definition) is 2. The Morgan fingerprint density at radius 3 is 2.57 bits per heavy atom. The molecule has 5 heteroatoms. The van der Waals surface area contributed by atoms with E-state index >= 15 is 0 Å². The van der Waals surface area contributed by atoms with Gasteiger partial charge in [-0.15, -0.1) is 11.3 Å². The standard InChI is InChI=1S/C18H26N4S/c1-13-7-6-8-14(9-13)10-20-17(19-5)21-11-16-22-15(12-23-16)18(2,3)4/h6-9,12H,10-11H2,1-5H3,(H2,19,20,21). The molecule has 0 aliphatic heterocycles. The highest BCUT2D eigenvalue weighted by Gasteiger charge is 2.17. The summed E-state index contributed by atoms with van der Waals surface area (Å²) in [6, 6.07) is 8.47. The number of thiazole rings is 1. The molecule has 2 aromatic rings. The molecule has 0 radical (unpaired) electrons. The highest BCUT2D eigenvalue weighted by atomic mass is 32.1.